The van der Waals surface area contributed by atoms with Crippen LogP contribution in [0.3, 0.4) is 0 Å². The van der Waals surface area contributed by atoms with Crippen LogP contribution in [0.4, 0.5) is 4.39 Å². The predicted molar refractivity (Wildman–Crippen MR) is 24.4 cm³/mol. The summed E-state index contributed by atoms with van der Waals surface area (Å²) in [5, 5.41) is 0. The Morgan fingerprint density at radius 2 is 2.57 bits per heavy atom. The Hall–Kier alpha value is -0.110. The molecule has 0 spiro atoms. The maximum absolute atomic E-state index is 11.5. The normalized spacial score (nSPS) is 23.6. The summed E-state index contributed by atoms with van der Waals surface area (Å²) < 4.78 is 16.4. The molecule has 0 amide bonds. The molecule has 1 fully saturated rings. The first kappa shape index (κ1) is 5.04. The molecule has 0 N–H and O–H groups in total. The van der Waals surface area contributed by atoms with Gasteiger partial charge in [0.2, 0.25) is 0 Å². The van der Waals surface area contributed by atoms with Crippen LogP contribution in [0.15, 0.2) is 0 Å². The van der Waals surface area contributed by atoms with Crippen LogP contribution in [-0.4, -0.2) is 13.3 Å². The average molecular weight is 103 g/mol. The Kier molecular flexibility index (Phi) is 1.63. The van der Waals surface area contributed by atoms with Crippen LogP contribution >= 0.6 is 0 Å². The number of hydrogen-bond acceptors (Lipinski definition) is 1. The lowest BCUT2D eigenvalue weighted by molar-refractivity contribution is 0.173. The van der Waals surface area contributed by atoms with Crippen molar-refractivity contribution in [1.82, 2.24) is 0 Å². The molecule has 1 aliphatic heterocycles. The minimum Gasteiger partial charge on any atom is -0.369 e. The fourth-order valence-electron chi connectivity index (χ4n) is 0.663. The summed E-state index contributed by atoms with van der Waals surface area (Å²) in [6.07, 6.45) is 2.45. The minimum absolute atomic E-state index is 0.389. The van der Waals surface area contributed by atoms with Crippen LogP contribution in [0.25, 0.3) is 0 Å². The zero-order valence-corrected chi connectivity index (χ0v) is 4.11. The fourth-order valence-corrected chi connectivity index (χ4v) is 0.663. The molecular formula is C5H8FO. The van der Waals surface area contributed by atoms with Crippen molar-refractivity contribution in [1.29, 1.82) is 0 Å². The summed E-state index contributed by atoms with van der Waals surface area (Å²) in [6, 6.07) is 0. The standard InChI is InChI=1S/C5H8FO/c6-4-5-2-1-3-7-5/h1-4H2. The van der Waals surface area contributed by atoms with E-state index in [1.54, 1.807) is 0 Å². The van der Waals surface area contributed by atoms with Crippen LogP contribution in [0, 0.1) is 6.10 Å². The smallest absolute Gasteiger partial charge is 0.128 e. The van der Waals surface area contributed by atoms with Gasteiger partial charge in [0.05, 0.1) is 0 Å². The van der Waals surface area contributed by atoms with Gasteiger partial charge in [0.15, 0.2) is 0 Å². The van der Waals surface area contributed by atoms with Crippen molar-refractivity contribution in [2.45, 2.75) is 12.8 Å². The van der Waals surface area contributed by atoms with Crippen molar-refractivity contribution >= 4 is 0 Å². The molecule has 1 radical (unpaired) electrons. The Morgan fingerprint density at radius 3 is 2.86 bits per heavy atom. The van der Waals surface area contributed by atoms with E-state index < -0.39 is 0 Å². The third-order valence-electron chi connectivity index (χ3n) is 1.06. The van der Waals surface area contributed by atoms with Crippen LogP contribution < -0.4 is 0 Å². The highest BCUT2D eigenvalue weighted by Gasteiger charge is 2.15. The van der Waals surface area contributed by atoms with Gasteiger partial charge in [0.25, 0.3) is 0 Å². The second-order valence-corrected chi connectivity index (χ2v) is 1.62. The van der Waals surface area contributed by atoms with E-state index in [-0.39, 0.29) is 6.67 Å². The van der Waals surface area contributed by atoms with Crippen LogP contribution in [-0.2, 0) is 4.74 Å². The van der Waals surface area contributed by atoms with E-state index in [1.165, 1.54) is 0 Å². The van der Waals surface area contributed by atoms with Gasteiger partial charge in [-0.05, 0) is 12.8 Å². The summed E-state index contributed by atoms with van der Waals surface area (Å²) in [6.45, 7) is 0.333. The lowest BCUT2D eigenvalue weighted by Gasteiger charge is -1.96. The van der Waals surface area contributed by atoms with E-state index >= 15 is 0 Å². The molecule has 0 aliphatic carbocycles. The second kappa shape index (κ2) is 2.26. The van der Waals surface area contributed by atoms with E-state index in [9.17, 15) is 4.39 Å². The topological polar surface area (TPSA) is 9.23 Å². The molecule has 1 rings (SSSR count). The third kappa shape index (κ3) is 1.13. The monoisotopic (exact) mass is 103 g/mol. The van der Waals surface area contributed by atoms with Gasteiger partial charge in [-0.15, -0.1) is 0 Å². The molecule has 0 atom stereocenters. The molecule has 0 aromatic rings. The average Bonchev–Trinajstić information content (AvgIpc) is 2.14. The van der Waals surface area contributed by atoms with E-state index in [0.717, 1.165) is 19.4 Å². The third-order valence-corrected chi connectivity index (χ3v) is 1.06. The molecule has 0 saturated carbocycles. The maximum atomic E-state index is 11.5. The minimum atomic E-state index is -0.389. The number of alkyl halides is 1. The summed E-state index contributed by atoms with van der Waals surface area (Å²) >= 11 is 0. The van der Waals surface area contributed by atoms with Crippen molar-refractivity contribution in [2.24, 2.45) is 0 Å². The van der Waals surface area contributed by atoms with Gasteiger partial charge in [0, 0.05) is 6.61 Å². The SMILES string of the molecule is FC[C]1CCCO1. The fraction of sp³-hybridized carbons (Fsp3) is 0.800. The van der Waals surface area contributed by atoms with E-state index in [0.29, 0.717) is 6.10 Å². The van der Waals surface area contributed by atoms with Crippen molar-refractivity contribution in [2.75, 3.05) is 13.3 Å². The maximum Gasteiger partial charge on any atom is 0.128 e. The zero-order chi connectivity index (χ0) is 5.11. The van der Waals surface area contributed by atoms with Gasteiger partial charge in [-0.3, -0.25) is 0 Å². The molecule has 7 heavy (non-hydrogen) atoms. The molecule has 2 heteroatoms. The molecule has 41 valence electrons. The molecule has 1 saturated heterocycles. The largest absolute Gasteiger partial charge is 0.369 e. The van der Waals surface area contributed by atoms with Crippen LogP contribution in [0.5, 0.6) is 0 Å². The van der Waals surface area contributed by atoms with Crippen molar-refractivity contribution in [3.8, 4) is 0 Å². The zero-order valence-electron chi connectivity index (χ0n) is 4.11. The molecule has 0 unspecified atom stereocenters. The molecule has 0 aromatic heterocycles. The summed E-state index contributed by atoms with van der Waals surface area (Å²) in [4.78, 5) is 0. The quantitative estimate of drug-likeness (QED) is 0.486. The van der Waals surface area contributed by atoms with Crippen LogP contribution in [0.2, 0.25) is 0 Å². The Morgan fingerprint density at radius 1 is 1.71 bits per heavy atom. The van der Waals surface area contributed by atoms with Gasteiger partial charge in [-0.1, -0.05) is 0 Å². The lowest BCUT2D eigenvalue weighted by Crippen LogP contribution is -1.94. The highest BCUT2D eigenvalue weighted by atomic mass is 19.1. The van der Waals surface area contributed by atoms with Gasteiger partial charge in [-0.25, -0.2) is 4.39 Å². The second-order valence-electron chi connectivity index (χ2n) is 1.62. The number of rotatable bonds is 1. The van der Waals surface area contributed by atoms with Crippen molar-refractivity contribution in [3.63, 3.8) is 0 Å². The number of hydrogen-bond donors (Lipinski definition) is 0. The number of halogens is 1. The number of ether oxygens (including phenoxy) is 1. The van der Waals surface area contributed by atoms with Crippen molar-refractivity contribution < 1.29 is 9.13 Å². The van der Waals surface area contributed by atoms with E-state index in [4.69, 9.17) is 4.74 Å². The highest BCUT2D eigenvalue weighted by molar-refractivity contribution is 4.81. The van der Waals surface area contributed by atoms with E-state index in [2.05, 4.69) is 0 Å². The van der Waals surface area contributed by atoms with Gasteiger partial charge in [-0.2, -0.15) is 0 Å². The van der Waals surface area contributed by atoms with Gasteiger partial charge < -0.3 is 4.74 Å². The molecule has 1 heterocycles. The summed E-state index contributed by atoms with van der Waals surface area (Å²) in [7, 11) is 0. The predicted octanol–water partition coefficient (Wildman–Crippen LogP) is 1.30. The van der Waals surface area contributed by atoms with Gasteiger partial charge in [0.1, 0.15) is 12.8 Å². The van der Waals surface area contributed by atoms with Crippen LogP contribution in [0.1, 0.15) is 12.8 Å². The highest BCUT2D eigenvalue weighted by Crippen LogP contribution is 2.18. The summed E-state index contributed by atoms with van der Waals surface area (Å²) in [5.41, 5.74) is 0. The molecular weight excluding hydrogens is 95.1 g/mol. The van der Waals surface area contributed by atoms with E-state index in [1.807, 2.05) is 0 Å². The molecule has 1 aliphatic rings. The van der Waals surface area contributed by atoms with Crippen molar-refractivity contribution in [3.05, 3.63) is 6.10 Å². The molecule has 1 nitrogen and oxygen atoms in total. The first-order valence-electron chi connectivity index (χ1n) is 2.47. The molecule has 0 bridgehead atoms. The molecule has 0 aromatic carbocycles. The lowest BCUT2D eigenvalue weighted by atomic mass is 10.3. The Balaban J connectivity index is 2.14. The first-order chi connectivity index (χ1) is 3.43. The van der Waals surface area contributed by atoms with Gasteiger partial charge >= 0.3 is 0 Å². The Labute approximate surface area is 42.5 Å². The first-order valence-corrected chi connectivity index (χ1v) is 2.47. The Bertz CT molecular complexity index is 50.0. The summed E-state index contributed by atoms with van der Waals surface area (Å²) in [5.74, 6) is 0.